The molecular formula is C33H27Cl2IN4O3S. The molecule has 11 heteroatoms. The molecule has 0 saturated heterocycles. The molecule has 1 amide bonds. The predicted octanol–water partition coefficient (Wildman–Crippen LogP) is 9.52. The number of thiazole rings is 1. The minimum Gasteiger partial charge on any atom is -0.490 e. The van der Waals surface area contributed by atoms with E-state index in [1.165, 1.54) is 16.9 Å². The van der Waals surface area contributed by atoms with Crippen molar-refractivity contribution in [2.75, 3.05) is 11.9 Å². The first-order valence-electron chi connectivity index (χ1n) is 13.5. The van der Waals surface area contributed by atoms with E-state index in [0.29, 0.717) is 40.3 Å². The Hall–Kier alpha value is -3.64. The Labute approximate surface area is 283 Å². The second-order valence-corrected chi connectivity index (χ2v) is 12.4. The van der Waals surface area contributed by atoms with Crippen molar-refractivity contribution in [3.8, 4) is 22.8 Å². The number of anilines is 2. The molecule has 0 spiro atoms. The van der Waals surface area contributed by atoms with Crippen molar-refractivity contribution in [1.29, 1.82) is 0 Å². The second kappa shape index (κ2) is 14.9. The average molecular weight is 757 g/mol. The molecule has 5 aromatic rings. The minimum absolute atomic E-state index is 0.295. The number of halogens is 3. The van der Waals surface area contributed by atoms with E-state index in [2.05, 4.69) is 62.5 Å². The highest BCUT2D eigenvalue weighted by Crippen LogP contribution is 2.35. The Morgan fingerprint density at radius 2 is 1.77 bits per heavy atom. The van der Waals surface area contributed by atoms with Gasteiger partial charge < -0.3 is 14.8 Å². The van der Waals surface area contributed by atoms with Gasteiger partial charge in [0.2, 0.25) is 0 Å². The zero-order chi connectivity index (χ0) is 31.1. The fourth-order valence-corrected chi connectivity index (χ4v) is 5.94. The van der Waals surface area contributed by atoms with Gasteiger partial charge in [0.1, 0.15) is 6.61 Å². The summed E-state index contributed by atoms with van der Waals surface area (Å²) in [5.41, 5.74) is 8.63. The molecule has 7 nitrogen and oxygen atoms in total. The Morgan fingerprint density at radius 3 is 2.50 bits per heavy atom. The van der Waals surface area contributed by atoms with Crippen molar-refractivity contribution in [3.05, 3.63) is 120 Å². The monoisotopic (exact) mass is 756 g/mol. The van der Waals surface area contributed by atoms with E-state index in [1.54, 1.807) is 30.5 Å². The molecule has 0 radical (unpaired) electrons. The van der Waals surface area contributed by atoms with Crippen LogP contribution in [0.25, 0.3) is 11.3 Å². The van der Waals surface area contributed by atoms with Crippen LogP contribution in [0.4, 0.5) is 10.8 Å². The molecule has 5 rings (SSSR count). The Kier molecular flexibility index (Phi) is 10.8. The predicted molar refractivity (Wildman–Crippen MR) is 188 cm³/mol. The van der Waals surface area contributed by atoms with E-state index in [4.69, 9.17) is 32.7 Å². The lowest BCUT2D eigenvalue weighted by atomic mass is 10.1. The van der Waals surface area contributed by atoms with E-state index >= 15 is 0 Å². The number of hydrogen-bond acceptors (Lipinski definition) is 7. The summed E-state index contributed by atoms with van der Waals surface area (Å²) in [7, 11) is 0. The molecule has 0 unspecified atom stereocenters. The lowest BCUT2D eigenvalue weighted by Gasteiger charge is -2.15. The van der Waals surface area contributed by atoms with E-state index in [1.807, 2.05) is 54.8 Å². The quantitative estimate of drug-likeness (QED) is 0.0797. The number of carbonyl (C=O) groups is 1. The third kappa shape index (κ3) is 8.29. The summed E-state index contributed by atoms with van der Waals surface area (Å²) >= 11 is 15.9. The van der Waals surface area contributed by atoms with E-state index < -0.39 is 0 Å². The lowest BCUT2D eigenvalue weighted by molar-refractivity contribution is 0.0955. The number of nitrogens with one attached hydrogen (secondary N) is 2. The van der Waals surface area contributed by atoms with Crippen LogP contribution in [0.3, 0.4) is 0 Å². The van der Waals surface area contributed by atoms with Crippen molar-refractivity contribution in [2.24, 2.45) is 5.10 Å². The first kappa shape index (κ1) is 31.8. The highest BCUT2D eigenvalue weighted by Gasteiger charge is 2.13. The summed E-state index contributed by atoms with van der Waals surface area (Å²) in [4.78, 5) is 17.4. The SMILES string of the molecule is CCOc1cc(/C=N\NC(=O)c2ccc(-c3csc(Nc4ccc(C)cc4)n3)cc2)cc(I)c1OCc1ccc(Cl)c(Cl)c1. The van der Waals surface area contributed by atoms with Crippen molar-refractivity contribution in [2.45, 2.75) is 20.5 Å². The topological polar surface area (TPSA) is 84.8 Å². The molecule has 1 aromatic heterocycles. The third-order valence-corrected chi connectivity index (χ3v) is 8.63. The van der Waals surface area contributed by atoms with Gasteiger partial charge >= 0.3 is 0 Å². The average Bonchev–Trinajstić information content (AvgIpc) is 3.48. The molecule has 224 valence electrons. The molecule has 1 heterocycles. The largest absolute Gasteiger partial charge is 0.490 e. The van der Waals surface area contributed by atoms with Crippen molar-refractivity contribution in [1.82, 2.24) is 10.4 Å². The van der Waals surface area contributed by atoms with Gasteiger partial charge in [0.25, 0.3) is 5.91 Å². The van der Waals surface area contributed by atoms with E-state index in [-0.39, 0.29) is 5.91 Å². The van der Waals surface area contributed by atoms with Crippen LogP contribution in [0.15, 0.2) is 89.3 Å². The molecule has 0 fully saturated rings. The molecule has 44 heavy (non-hydrogen) atoms. The highest BCUT2D eigenvalue weighted by molar-refractivity contribution is 14.1. The number of rotatable bonds is 11. The van der Waals surface area contributed by atoms with Gasteiger partial charge in [-0.05, 0) is 96.1 Å². The number of aromatic nitrogens is 1. The van der Waals surface area contributed by atoms with Crippen LogP contribution in [0.1, 0.15) is 34.0 Å². The molecule has 2 N–H and O–H groups in total. The van der Waals surface area contributed by atoms with E-state index in [0.717, 1.165) is 36.8 Å². The van der Waals surface area contributed by atoms with Gasteiger partial charge in [-0.1, -0.05) is 59.1 Å². The minimum atomic E-state index is -0.325. The first-order valence-corrected chi connectivity index (χ1v) is 16.3. The maximum Gasteiger partial charge on any atom is 0.271 e. The Bertz CT molecular complexity index is 1790. The molecule has 4 aromatic carbocycles. The maximum absolute atomic E-state index is 12.8. The molecule has 0 aliphatic carbocycles. The number of aryl methyl sites for hydroxylation is 1. The van der Waals surface area contributed by atoms with Gasteiger partial charge in [-0.3, -0.25) is 4.79 Å². The summed E-state index contributed by atoms with van der Waals surface area (Å²) in [6.07, 6.45) is 1.57. The fraction of sp³-hybridized carbons (Fsp3) is 0.121. The van der Waals surface area contributed by atoms with Crippen molar-refractivity contribution < 1.29 is 14.3 Å². The van der Waals surface area contributed by atoms with Crippen LogP contribution in [0, 0.1) is 10.5 Å². The summed E-state index contributed by atoms with van der Waals surface area (Å²) in [5.74, 6) is 0.856. The number of benzene rings is 4. The summed E-state index contributed by atoms with van der Waals surface area (Å²) in [6, 6.07) is 24.5. The van der Waals surface area contributed by atoms with Crippen molar-refractivity contribution in [3.63, 3.8) is 0 Å². The standard InChI is InChI=1S/C33H27Cl2IN4O3S/c1-3-42-30-16-22(15-28(36)31(30)43-18-21-6-13-26(34)27(35)14-21)17-37-40-32(41)24-9-7-23(8-10-24)29-19-44-33(39-29)38-25-11-4-20(2)5-12-25/h4-17,19H,3,18H2,1-2H3,(H,38,39)(H,40,41)/b37-17-. The molecule has 0 bridgehead atoms. The Balaban J connectivity index is 1.20. The van der Waals surface area contributed by atoms with Crippen LogP contribution in [-0.2, 0) is 6.61 Å². The summed E-state index contributed by atoms with van der Waals surface area (Å²) in [5, 5.41) is 11.2. The fourth-order valence-electron chi connectivity index (χ4n) is 4.10. The number of nitrogens with zero attached hydrogens (tertiary/aromatic N) is 2. The van der Waals surface area contributed by atoms with Crippen LogP contribution in [-0.4, -0.2) is 23.7 Å². The van der Waals surface area contributed by atoms with Crippen molar-refractivity contribution >= 4 is 80.1 Å². The summed E-state index contributed by atoms with van der Waals surface area (Å²) in [6.45, 7) is 4.71. The van der Waals surface area contributed by atoms with Gasteiger partial charge in [0.05, 0.1) is 32.1 Å². The third-order valence-electron chi connectivity index (χ3n) is 6.33. The van der Waals surface area contributed by atoms with Gasteiger partial charge in [0.15, 0.2) is 16.6 Å². The number of ether oxygens (including phenoxy) is 2. The lowest BCUT2D eigenvalue weighted by Crippen LogP contribution is -2.17. The van der Waals surface area contributed by atoms with Crippen LogP contribution < -0.4 is 20.2 Å². The van der Waals surface area contributed by atoms with Crippen LogP contribution >= 0.6 is 57.1 Å². The van der Waals surface area contributed by atoms with E-state index in [9.17, 15) is 4.79 Å². The molecular weight excluding hydrogens is 730 g/mol. The number of hydrogen-bond donors (Lipinski definition) is 2. The number of carbonyl (C=O) groups excluding carboxylic acids is 1. The summed E-state index contributed by atoms with van der Waals surface area (Å²) < 4.78 is 12.7. The zero-order valence-corrected chi connectivity index (χ0v) is 28.2. The number of hydrazone groups is 1. The van der Waals surface area contributed by atoms with Gasteiger partial charge in [-0.2, -0.15) is 5.10 Å². The molecule has 0 atom stereocenters. The maximum atomic E-state index is 12.8. The zero-order valence-electron chi connectivity index (χ0n) is 23.7. The normalized spacial score (nSPS) is 11.0. The van der Waals surface area contributed by atoms with Gasteiger partial charge in [-0.15, -0.1) is 11.3 Å². The highest BCUT2D eigenvalue weighted by atomic mass is 127. The first-order chi connectivity index (χ1) is 21.3. The van der Waals surface area contributed by atoms with Crippen LogP contribution in [0.2, 0.25) is 10.0 Å². The van der Waals surface area contributed by atoms with Crippen LogP contribution in [0.5, 0.6) is 11.5 Å². The molecule has 0 aliphatic rings. The second-order valence-electron chi connectivity index (χ2n) is 9.61. The van der Waals surface area contributed by atoms with Gasteiger partial charge in [-0.25, -0.2) is 10.4 Å². The molecule has 0 aliphatic heterocycles. The molecule has 0 saturated carbocycles. The smallest absolute Gasteiger partial charge is 0.271 e. The Morgan fingerprint density at radius 1 is 1.00 bits per heavy atom. The van der Waals surface area contributed by atoms with Gasteiger partial charge in [0, 0.05) is 22.2 Å². The number of amides is 1.